The highest BCUT2D eigenvalue weighted by Gasteiger charge is 2.50. The van der Waals surface area contributed by atoms with Crippen molar-refractivity contribution in [3.05, 3.63) is 24.5 Å². The maximum atomic E-state index is 11.1. The molecule has 1 fully saturated rings. The normalized spacial score (nSPS) is 40.9. The first-order valence-electron chi connectivity index (χ1n) is 4.12. The Bertz CT molecular complexity index is 269. The first-order chi connectivity index (χ1) is 6.11. The largest absolute Gasteiger partial charge is 0.513 e. The summed E-state index contributed by atoms with van der Waals surface area (Å²) in [7, 11) is 0. The fourth-order valence-electron chi connectivity index (χ4n) is 2.04. The van der Waals surface area contributed by atoms with Crippen LogP contribution in [-0.2, 0) is 9.53 Å². The molecule has 0 spiro atoms. The van der Waals surface area contributed by atoms with Gasteiger partial charge in [-0.2, -0.15) is 0 Å². The van der Waals surface area contributed by atoms with Crippen molar-refractivity contribution in [1.29, 1.82) is 0 Å². The summed E-state index contributed by atoms with van der Waals surface area (Å²) in [5, 5.41) is 9.28. The van der Waals surface area contributed by atoms with E-state index in [1.54, 1.807) is 6.08 Å². The topological polar surface area (TPSA) is 72.5 Å². The van der Waals surface area contributed by atoms with E-state index in [0.29, 0.717) is 0 Å². The molecular weight excluding hydrogens is 170 g/mol. The van der Waals surface area contributed by atoms with Crippen molar-refractivity contribution in [2.75, 3.05) is 0 Å². The highest BCUT2D eigenvalue weighted by Crippen LogP contribution is 2.41. The molecule has 2 unspecified atom stereocenters. The van der Waals surface area contributed by atoms with Crippen molar-refractivity contribution in [2.24, 2.45) is 17.6 Å². The van der Waals surface area contributed by atoms with E-state index in [-0.39, 0.29) is 23.9 Å². The molecule has 1 amide bonds. The number of aliphatic hydroxyl groups is 1. The van der Waals surface area contributed by atoms with Crippen molar-refractivity contribution < 1.29 is 14.6 Å². The van der Waals surface area contributed by atoms with Gasteiger partial charge in [0, 0.05) is 0 Å². The van der Waals surface area contributed by atoms with Crippen LogP contribution in [0.15, 0.2) is 24.5 Å². The van der Waals surface area contributed by atoms with Crippen LogP contribution in [0.3, 0.4) is 0 Å². The Balaban J connectivity index is 2.30. The number of amides is 1. The number of ether oxygens (including phenoxy) is 1. The van der Waals surface area contributed by atoms with Gasteiger partial charge in [-0.15, -0.1) is 0 Å². The fourth-order valence-corrected chi connectivity index (χ4v) is 2.04. The molecule has 70 valence electrons. The molecule has 13 heavy (non-hydrogen) atoms. The van der Waals surface area contributed by atoms with E-state index in [4.69, 9.17) is 10.5 Å². The van der Waals surface area contributed by atoms with Gasteiger partial charge in [0.25, 0.3) is 0 Å². The van der Waals surface area contributed by atoms with Gasteiger partial charge in [-0.25, -0.2) is 0 Å². The predicted molar refractivity (Wildman–Crippen MR) is 45.7 cm³/mol. The molecule has 4 nitrogen and oxygen atoms in total. The molecule has 0 aromatic heterocycles. The molecule has 0 aliphatic carbocycles. The monoisotopic (exact) mass is 181 g/mol. The van der Waals surface area contributed by atoms with E-state index < -0.39 is 11.8 Å². The van der Waals surface area contributed by atoms with Gasteiger partial charge in [0.2, 0.25) is 5.91 Å². The predicted octanol–water partition coefficient (Wildman–Crippen LogP) is 0.113. The average molecular weight is 181 g/mol. The first-order valence-corrected chi connectivity index (χ1v) is 4.12. The van der Waals surface area contributed by atoms with Gasteiger partial charge >= 0.3 is 0 Å². The minimum Gasteiger partial charge on any atom is -0.513 e. The van der Waals surface area contributed by atoms with E-state index in [9.17, 15) is 9.90 Å². The van der Waals surface area contributed by atoms with Crippen LogP contribution in [0.5, 0.6) is 0 Å². The van der Waals surface area contributed by atoms with Gasteiger partial charge in [0.1, 0.15) is 0 Å². The van der Waals surface area contributed by atoms with E-state index in [2.05, 4.69) is 6.58 Å². The molecule has 0 radical (unpaired) electrons. The molecule has 4 heteroatoms. The summed E-state index contributed by atoms with van der Waals surface area (Å²) in [5.41, 5.74) is 5.21. The molecule has 1 saturated heterocycles. The number of carbonyl (C=O) groups is 1. The summed E-state index contributed by atoms with van der Waals surface area (Å²) >= 11 is 0. The molecule has 0 saturated carbocycles. The third-order valence-electron chi connectivity index (χ3n) is 2.61. The summed E-state index contributed by atoms with van der Waals surface area (Å²) in [6, 6.07) is 0. The quantitative estimate of drug-likeness (QED) is 0.469. The Kier molecular flexibility index (Phi) is 1.66. The van der Waals surface area contributed by atoms with Crippen molar-refractivity contribution in [1.82, 2.24) is 0 Å². The van der Waals surface area contributed by atoms with Gasteiger partial charge in [-0.05, 0) is 0 Å². The Morgan fingerprint density at radius 3 is 2.31 bits per heavy atom. The van der Waals surface area contributed by atoms with Crippen LogP contribution >= 0.6 is 0 Å². The van der Waals surface area contributed by atoms with Gasteiger partial charge < -0.3 is 15.6 Å². The highest BCUT2D eigenvalue weighted by molar-refractivity contribution is 5.79. The number of hydrogen-bond acceptors (Lipinski definition) is 3. The summed E-state index contributed by atoms with van der Waals surface area (Å²) in [6.07, 6.45) is 3.12. The number of carbonyl (C=O) groups excluding carboxylic acids is 1. The van der Waals surface area contributed by atoms with Crippen LogP contribution in [0.2, 0.25) is 0 Å². The lowest BCUT2D eigenvalue weighted by molar-refractivity contribution is -0.123. The standard InChI is InChI=1S/C9H11NO3/c1-4(11)7-5-2-3-6(13-5)8(7)9(10)12/h2-3,5-8,11H,1H2,(H2,10,12)/t5-,6+,7?,8?/m1/s1. The van der Waals surface area contributed by atoms with Crippen molar-refractivity contribution in [2.45, 2.75) is 12.2 Å². The number of rotatable bonds is 2. The second-order valence-electron chi connectivity index (χ2n) is 3.40. The molecule has 2 aliphatic heterocycles. The van der Waals surface area contributed by atoms with E-state index in [1.165, 1.54) is 0 Å². The second-order valence-corrected chi connectivity index (χ2v) is 3.40. The third kappa shape index (κ3) is 1.06. The smallest absolute Gasteiger partial charge is 0.224 e. The number of primary amides is 1. The summed E-state index contributed by atoms with van der Waals surface area (Å²) < 4.78 is 5.39. The SMILES string of the molecule is C=C(O)C1C(C(N)=O)[C@@H]2C=C[C@H]1O2. The second kappa shape index (κ2) is 2.60. The number of aliphatic hydroxyl groups excluding tert-OH is 1. The van der Waals surface area contributed by atoms with Crippen LogP contribution in [-0.4, -0.2) is 23.2 Å². The lowest BCUT2D eigenvalue weighted by Crippen LogP contribution is -2.36. The number of nitrogens with two attached hydrogens (primary N) is 1. The van der Waals surface area contributed by atoms with E-state index in [1.807, 2.05) is 6.08 Å². The number of hydrogen-bond donors (Lipinski definition) is 2. The van der Waals surface area contributed by atoms with Crippen LogP contribution in [0.1, 0.15) is 0 Å². The Hall–Kier alpha value is -1.29. The summed E-state index contributed by atoms with van der Waals surface area (Å²) in [4.78, 5) is 11.1. The van der Waals surface area contributed by atoms with Crippen molar-refractivity contribution >= 4 is 5.91 Å². The van der Waals surface area contributed by atoms with Gasteiger partial charge in [0.05, 0.1) is 29.8 Å². The minimum absolute atomic E-state index is 0.0272. The Labute approximate surface area is 75.7 Å². The van der Waals surface area contributed by atoms with E-state index in [0.717, 1.165) is 0 Å². The zero-order valence-electron chi connectivity index (χ0n) is 7.01. The molecule has 2 aliphatic rings. The molecule has 4 atom stereocenters. The molecular formula is C9H11NO3. The number of fused-ring (bicyclic) bond motifs is 2. The summed E-state index contributed by atoms with van der Waals surface area (Å²) in [5.74, 6) is -1.31. The van der Waals surface area contributed by atoms with Crippen LogP contribution in [0, 0.1) is 11.8 Å². The molecule has 0 aromatic rings. The maximum absolute atomic E-state index is 11.1. The zero-order valence-corrected chi connectivity index (χ0v) is 7.01. The van der Waals surface area contributed by atoms with Crippen LogP contribution < -0.4 is 5.73 Å². The van der Waals surface area contributed by atoms with Gasteiger partial charge in [0.15, 0.2) is 0 Å². The Morgan fingerprint density at radius 1 is 1.38 bits per heavy atom. The molecule has 2 heterocycles. The fraction of sp³-hybridized carbons (Fsp3) is 0.444. The molecule has 3 N–H and O–H groups in total. The highest BCUT2D eigenvalue weighted by atomic mass is 16.5. The first kappa shape index (κ1) is 8.31. The average Bonchev–Trinajstić information content (AvgIpc) is 2.60. The van der Waals surface area contributed by atoms with Crippen molar-refractivity contribution in [3.63, 3.8) is 0 Å². The summed E-state index contributed by atoms with van der Waals surface area (Å²) in [6.45, 7) is 3.42. The van der Waals surface area contributed by atoms with Gasteiger partial charge in [-0.3, -0.25) is 4.79 Å². The lowest BCUT2D eigenvalue weighted by Gasteiger charge is -2.20. The minimum atomic E-state index is -0.465. The van der Waals surface area contributed by atoms with E-state index >= 15 is 0 Å². The zero-order chi connectivity index (χ0) is 9.59. The lowest BCUT2D eigenvalue weighted by atomic mass is 9.81. The van der Waals surface area contributed by atoms with Crippen molar-refractivity contribution in [3.8, 4) is 0 Å². The maximum Gasteiger partial charge on any atom is 0.224 e. The third-order valence-corrected chi connectivity index (χ3v) is 2.61. The van der Waals surface area contributed by atoms with Crippen LogP contribution in [0.4, 0.5) is 0 Å². The van der Waals surface area contributed by atoms with Crippen LogP contribution in [0.25, 0.3) is 0 Å². The molecule has 2 rings (SSSR count). The molecule has 0 aromatic carbocycles. The Morgan fingerprint density at radius 2 is 1.92 bits per heavy atom. The van der Waals surface area contributed by atoms with Gasteiger partial charge in [-0.1, -0.05) is 18.7 Å². The molecule has 2 bridgehead atoms.